The fourth-order valence-electron chi connectivity index (χ4n) is 4.43. The first-order valence-corrected chi connectivity index (χ1v) is 10.2. The number of hydrogen-bond donors (Lipinski definition) is 1. The van der Waals surface area contributed by atoms with E-state index in [0.717, 1.165) is 18.2 Å². The quantitative estimate of drug-likeness (QED) is 0.609. The summed E-state index contributed by atoms with van der Waals surface area (Å²) in [6.07, 6.45) is 0.960. The van der Waals surface area contributed by atoms with Crippen molar-refractivity contribution in [3.05, 3.63) is 93.2 Å². The van der Waals surface area contributed by atoms with E-state index in [0.29, 0.717) is 5.56 Å². The van der Waals surface area contributed by atoms with Crippen LogP contribution in [0.2, 0.25) is 0 Å². The number of benzene rings is 2. The zero-order valence-electron chi connectivity index (χ0n) is 17.3. The Morgan fingerprint density at radius 3 is 2.45 bits per heavy atom. The Morgan fingerprint density at radius 1 is 1.03 bits per heavy atom. The van der Waals surface area contributed by atoms with Gasteiger partial charge in [0.2, 0.25) is 5.43 Å². The predicted octanol–water partition coefficient (Wildman–Crippen LogP) is 2.89. The van der Waals surface area contributed by atoms with Gasteiger partial charge in [0.15, 0.2) is 23.1 Å². The molecule has 0 saturated heterocycles. The second-order valence-electron chi connectivity index (χ2n) is 7.89. The molecular weight excluding hydrogens is 439 g/mol. The number of ether oxygens (including phenoxy) is 1. The average molecular weight is 457 g/mol. The number of amides is 1. The van der Waals surface area contributed by atoms with E-state index in [9.17, 15) is 27.9 Å². The molecule has 0 spiro atoms. The van der Waals surface area contributed by atoms with Crippen LogP contribution in [0, 0.1) is 17.5 Å². The Labute approximate surface area is 185 Å². The van der Waals surface area contributed by atoms with E-state index in [1.807, 2.05) is 0 Å². The number of carbonyl (C=O) groups excluding carboxylic acids is 1. The van der Waals surface area contributed by atoms with Crippen molar-refractivity contribution in [2.75, 3.05) is 18.7 Å². The predicted molar refractivity (Wildman–Crippen MR) is 111 cm³/mol. The molecule has 1 aromatic heterocycles. The van der Waals surface area contributed by atoms with Crippen molar-refractivity contribution in [3.63, 3.8) is 0 Å². The molecule has 33 heavy (non-hydrogen) atoms. The van der Waals surface area contributed by atoms with Crippen LogP contribution < -0.4 is 15.2 Å². The highest BCUT2D eigenvalue weighted by atomic mass is 19.2. The summed E-state index contributed by atoms with van der Waals surface area (Å²) < 4.78 is 49.3. The molecule has 1 amide bonds. The topological polar surface area (TPSA) is 75.0 Å². The summed E-state index contributed by atoms with van der Waals surface area (Å²) in [7, 11) is 1.51. The van der Waals surface area contributed by atoms with E-state index in [1.54, 1.807) is 5.01 Å². The number of carbonyl (C=O) groups is 1. The maximum absolute atomic E-state index is 14.4. The molecule has 2 aliphatic heterocycles. The van der Waals surface area contributed by atoms with Gasteiger partial charge in [0.1, 0.15) is 23.8 Å². The van der Waals surface area contributed by atoms with Crippen molar-refractivity contribution in [2.45, 2.75) is 18.6 Å². The average Bonchev–Trinajstić information content (AvgIpc) is 2.78. The third kappa shape index (κ3) is 3.21. The Bertz CT molecular complexity index is 1330. The van der Waals surface area contributed by atoms with Crippen molar-refractivity contribution in [1.29, 1.82) is 0 Å². The van der Waals surface area contributed by atoms with Gasteiger partial charge in [0.25, 0.3) is 5.91 Å². The smallest absolute Gasteiger partial charge is 0.277 e. The second-order valence-corrected chi connectivity index (χ2v) is 7.89. The largest absolute Gasteiger partial charge is 0.502 e. The molecule has 1 N–H and O–H groups in total. The van der Waals surface area contributed by atoms with Crippen molar-refractivity contribution in [2.24, 2.45) is 0 Å². The number of halogens is 3. The molecule has 0 aliphatic carbocycles. The summed E-state index contributed by atoms with van der Waals surface area (Å²) in [5.74, 6) is -3.91. The monoisotopic (exact) mass is 457 g/mol. The highest BCUT2D eigenvalue weighted by molar-refractivity contribution is 5.96. The number of nitrogens with zero attached hydrogens (tertiary/aromatic N) is 3. The van der Waals surface area contributed by atoms with Gasteiger partial charge in [-0.3, -0.25) is 19.3 Å². The number of rotatable bonds is 1. The van der Waals surface area contributed by atoms with E-state index in [-0.39, 0.29) is 30.0 Å². The van der Waals surface area contributed by atoms with Crippen molar-refractivity contribution in [1.82, 2.24) is 9.58 Å². The summed E-state index contributed by atoms with van der Waals surface area (Å²) in [6.45, 7) is 0.0779. The Morgan fingerprint density at radius 2 is 1.73 bits per heavy atom. The van der Waals surface area contributed by atoms with E-state index < -0.39 is 46.7 Å². The maximum atomic E-state index is 14.4. The molecule has 0 saturated carbocycles. The molecular formula is C23H18F3N3O4. The zero-order chi connectivity index (χ0) is 23.4. The number of pyridine rings is 1. The van der Waals surface area contributed by atoms with Crippen LogP contribution in [0.5, 0.6) is 11.5 Å². The zero-order valence-corrected chi connectivity index (χ0v) is 17.3. The lowest BCUT2D eigenvalue weighted by Crippen LogP contribution is -2.62. The fraction of sp³-hybridized carbons (Fsp3) is 0.217. The van der Waals surface area contributed by atoms with Crippen LogP contribution >= 0.6 is 0 Å². The number of fused-ring (bicyclic) bond motifs is 4. The summed E-state index contributed by atoms with van der Waals surface area (Å²) in [6, 6.07) is 7.60. The minimum absolute atomic E-state index is 0.0779. The molecule has 5 rings (SSSR count). The molecule has 10 heteroatoms. The number of aromatic nitrogens is 1. The van der Waals surface area contributed by atoms with Crippen molar-refractivity contribution in [3.8, 4) is 11.5 Å². The first kappa shape index (κ1) is 20.9. The molecule has 3 heterocycles. The summed E-state index contributed by atoms with van der Waals surface area (Å²) in [5, 5.41) is 12.1. The Kier molecular flexibility index (Phi) is 4.80. The van der Waals surface area contributed by atoms with E-state index in [2.05, 4.69) is 0 Å². The van der Waals surface area contributed by atoms with Crippen molar-refractivity contribution < 1.29 is 27.8 Å². The normalized spacial score (nSPS) is 19.7. The second kappa shape index (κ2) is 7.58. The van der Waals surface area contributed by atoms with Crippen molar-refractivity contribution >= 4 is 5.91 Å². The van der Waals surface area contributed by atoms with Gasteiger partial charge in [0, 0.05) is 37.4 Å². The van der Waals surface area contributed by atoms with Gasteiger partial charge in [-0.1, -0.05) is 12.1 Å². The van der Waals surface area contributed by atoms with Crippen LogP contribution in [0.25, 0.3) is 0 Å². The van der Waals surface area contributed by atoms with Gasteiger partial charge in [-0.2, -0.15) is 0 Å². The van der Waals surface area contributed by atoms with Crippen LogP contribution in [0.4, 0.5) is 13.2 Å². The molecule has 0 fully saturated rings. The molecule has 2 aromatic carbocycles. The molecule has 0 radical (unpaired) electrons. The first-order valence-electron chi connectivity index (χ1n) is 10.2. The van der Waals surface area contributed by atoms with Crippen LogP contribution in [-0.2, 0) is 0 Å². The summed E-state index contributed by atoms with van der Waals surface area (Å²) >= 11 is 0. The van der Waals surface area contributed by atoms with E-state index in [4.69, 9.17) is 4.74 Å². The van der Waals surface area contributed by atoms with Gasteiger partial charge in [-0.25, -0.2) is 13.2 Å². The fourth-order valence-corrected chi connectivity index (χ4v) is 4.43. The third-order valence-electron chi connectivity index (χ3n) is 6.01. The molecule has 2 atom stereocenters. The van der Waals surface area contributed by atoms with Crippen LogP contribution in [0.1, 0.15) is 34.1 Å². The van der Waals surface area contributed by atoms with Gasteiger partial charge in [-0.15, -0.1) is 0 Å². The SMILES string of the molecule is CN1C(=O)c2c(O)c(=O)ccn2N2[C@@H](c3ccc(F)cc3)c3cc(F)c(F)cc3OCC[C@H]12. The van der Waals surface area contributed by atoms with Gasteiger partial charge in [-0.05, 0) is 23.8 Å². The highest BCUT2D eigenvalue weighted by Crippen LogP contribution is 2.41. The van der Waals surface area contributed by atoms with Gasteiger partial charge in [0.05, 0.1) is 6.61 Å². The van der Waals surface area contributed by atoms with E-state index in [1.165, 1.54) is 47.1 Å². The summed E-state index contributed by atoms with van der Waals surface area (Å²) in [4.78, 5) is 26.5. The Hall–Kier alpha value is -3.95. The van der Waals surface area contributed by atoms with E-state index >= 15 is 0 Å². The van der Waals surface area contributed by atoms with Crippen LogP contribution in [0.3, 0.4) is 0 Å². The lowest BCUT2D eigenvalue weighted by Gasteiger charge is -2.49. The first-order chi connectivity index (χ1) is 15.8. The summed E-state index contributed by atoms with van der Waals surface area (Å²) in [5.41, 5.74) is -0.272. The standard InChI is InChI=1S/C23H18F3N3O4/c1-27-19-7-9-33-18-11-16(26)15(25)10-14(18)20(12-2-4-13(24)5-3-12)29(19)28-8-6-17(30)22(31)21(28)23(27)32/h2-6,8,10-11,19-20,31H,7,9H2,1H3/t19-,20+/m1/s1. The molecule has 3 aromatic rings. The molecule has 0 unspecified atom stereocenters. The molecule has 7 nitrogen and oxygen atoms in total. The number of hydrogen-bond acceptors (Lipinski definition) is 5. The minimum atomic E-state index is -1.11. The Balaban J connectivity index is 1.84. The third-order valence-corrected chi connectivity index (χ3v) is 6.01. The van der Waals surface area contributed by atoms with Crippen LogP contribution in [-0.4, -0.2) is 40.4 Å². The van der Waals surface area contributed by atoms with Gasteiger partial charge < -0.3 is 14.7 Å². The lowest BCUT2D eigenvalue weighted by atomic mass is 9.94. The van der Waals surface area contributed by atoms with Gasteiger partial charge >= 0.3 is 0 Å². The number of aromatic hydroxyl groups is 1. The lowest BCUT2D eigenvalue weighted by molar-refractivity contribution is 0.0573. The highest BCUT2D eigenvalue weighted by Gasteiger charge is 2.43. The van der Waals surface area contributed by atoms with Crippen LogP contribution in [0.15, 0.2) is 53.5 Å². The molecule has 170 valence electrons. The molecule has 0 bridgehead atoms. The maximum Gasteiger partial charge on any atom is 0.277 e. The minimum Gasteiger partial charge on any atom is -0.502 e. The molecule has 2 aliphatic rings.